The fourth-order valence-electron chi connectivity index (χ4n) is 1.02. The molecular formula is C10H12ClINO-. The van der Waals surface area contributed by atoms with Gasteiger partial charge in [-0.15, -0.1) is 0 Å². The summed E-state index contributed by atoms with van der Waals surface area (Å²) < 4.78 is 2.19. The summed E-state index contributed by atoms with van der Waals surface area (Å²) >= 11 is 5.95. The van der Waals surface area contributed by atoms with Crippen LogP contribution in [0.2, 0.25) is 5.02 Å². The number of nitrogens with two attached hydrogens (primary N) is 1. The van der Waals surface area contributed by atoms with Gasteiger partial charge in [0.25, 0.3) is 0 Å². The molecule has 78 valence electrons. The summed E-state index contributed by atoms with van der Waals surface area (Å²) in [5.74, 6) is 0. The zero-order valence-electron chi connectivity index (χ0n) is 7.67. The van der Waals surface area contributed by atoms with Crippen LogP contribution in [0, 0.1) is 0 Å². The molecule has 0 spiro atoms. The molecule has 0 aliphatic heterocycles. The molecule has 0 heterocycles. The van der Waals surface area contributed by atoms with Crippen molar-refractivity contribution in [2.75, 3.05) is 11.0 Å². The van der Waals surface area contributed by atoms with Crippen LogP contribution in [0.1, 0.15) is 15.9 Å². The van der Waals surface area contributed by atoms with Crippen LogP contribution in [0.5, 0.6) is 0 Å². The number of rotatable bonds is 5. The van der Waals surface area contributed by atoms with E-state index in [2.05, 4.69) is 0 Å². The maximum atomic E-state index is 10.6. The number of halogens is 2. The van der Waals surface area contributed by atoms with E-state index in [1.165, 1.54) is 5.56 Å². The van der Waals surface area contributed by atoms with Crippen LogP contribution in [0.3, 0.4) is 0 Å². The topological polar surface area (TPSA) is 43.1 Å². The summed E-state index contributed by atoms with van der Waals surface area (Å²) in [6.07, 6.45) is 0.799. The van der Waals surface area contributed by atoms with E-state index in [1.54, 1.807) is 6.07 Å². The molecule has 1 aromatic rings. The van der Waals surface area contributed by atoms with Gasteiger partial charge in [-0.05, 0) is 0 Å². The first-order valence-corrected chi connectivity index (χ1v) is 7.68. The van der Waals surface area contributed by atoms with Crippen LogP contribution in [0.4, 0.5) is 0 Å². The molecule has 1 aromatic carbocycles. The molecule has 1 rings (SSSR count). The molecule has 0 amide bonds. The van der Waals surface area contributed by atoms with E-state index in [9.17, 15) is 4.79 Å². The predicted octanol–water partition coefficient (Wildman–Crippen LogP) is -1.30. The van der Waals surface area contributed by atoms with E-state index in [0.717, 1.165) is 21.7 Å². The second kappa shape index (κ2) is 6.37. The maximum absolute atomic E-state index is 10.6. The Morgan fingerprint density at radius 2 is 2.29 bits per heavy atom. The second-order valence-corrected chi connectivity index (χ2v) is 6.10. The van der Waals surface area contributed by atoms with Crippen molar-refractivity contribution >= 4 is 17.9 Å². The van der Waals surface area contributed by atoms with Gasteiger partial charge in [0.05, 0.1) is 0 Å². The summed E-state index contributed by atoms with van der Waals surface area (Å²) in [4.78, 5) is 10.6. The van der Waals surface area contributed by atoms with Gasteiger partial charge in [-0.1, -0.05) is 0 Å². The average Bonchev–Trinajstić information content (AvgIpc) is 2.21. The van der Waals surface area contributed by atoms with E-state index in [-0.39, 0.29) is 21.2 Å². The molecule has 0 fully saturated rings. The Morgan fingerprint density at radius 3 is 2.93 bits per heavy atom. The van der Waals surface area contributed by atoms with E-state index < -0.39 is 0 Å². The van der Waals surface area contributed by atoms with Gasteiger partial charge in [-0.3, -0.25) is 0 Å². The molecule has 0 aliphatic rings. The molecule has 0 unspecified atom stereocenters. The molecular weight excluding hydrogens is 312 g/mol. The van der Waals surface area contributed by atoms with Crippen LogP contribution < -0.4 is 26.9 Å². The molecule has 2 N–H and O–H groups in total. The standard InChI is InChI=1S/C10H12ClINO/c11-10-2-1-8(5-9(10)7-14)6-12-3-4-13/h1-2,5,7H,3-4,6,13H2/q-1. The van der Waals surface area contributed by atoms with Crippen molar-refractivity contribution in [2.45, 2.75) is 4.43 Å². The Bertz CT molecular complexity index is 317. The normalized spacial score (nSPS) is 10.4. The van der Waals surface area contributed by atoms with Crippen molar-refractivity contribution in [3.63, 3.8) is 0 Å². The third kappa shape index (κ3) is 3.55. The zero-order valence-corrected chi connectivity index (χ0v) is 10.6. The fraction of sp³-hybridized carbons (Fsp3) is 0.300. The first-order valence-electron chi connectivity index (χ1n) is 4.25. The van der Waals surface area contributed by atoms with Crippen molar-refractivity contribution in [1.82, 2.24) is 0 Å². The number of carbonyl (C=O) groups is 1. The zero-order chi connectivity index (χ0) is 10.4. The number of benzene rings is 1. The molecule has 0 radical (unpaired) electrons. The Balaban J connectivity index is 2.64. The molecule has 14 heavy (non-hydrogen) atoms. The van der Waals surface area contributed by atoms with Gasteiger partial charge in [0.15, 0.2) is 0 Å². The first kappa shape index (κ1) is 11.9. The third-order valence-electron chi connectivity index (χ3n) is 1.68. The summed E-state index contributed by atoms with van der Waals surface area (Å²) in [6.45, 7) is 0.765. The summed E-state index contributed by atoms with van der Waals surface area (Å²) in [7, 11) is 0. The Kier molecular flexibility index (Phi) is 5.44. The Hall–Kier alpha value is -0.130. The Labute approximate surface area is 99.1 Å². The van der Waals surface area contributed by atoms with Crippen LogP contribution in [0.25, 0.3) is 0 Å². The number of aldehydes is 1. The minimum atomic E-state index is 0.134. The van der Waals surface area contributed by atoms with E-state index in [4.69, 9.17) is 17.3 Å². The van der Waals surface area contributed by atoms with Crippen molar-refractivity contribution in [3.8, 4) is 0 Å². The van der Waals surface area contributed by atoms with Crippen molar-refractivity contribution < 1.29 is 26.0 Å². The molecule has 0 saturated heterocycles. The molecule has 2 nitrogen and oxygen atoms in total. The summed E-state index contributed by atoms with van der Waals surface area (Å²) in [5.41, 5.74) is 7.20. The predicted molar refractivity (Wildman–Crippen MR) is 54.5 cm³/mol. The summed E-state index contributed by atoms with van der Waals surface area (Å²) in [6, 6.07) is 5.63. The molecule has 0 saturated carbocycles. The van der Waals surface area contributed by atoms with Gasteiger partial charge < -0.3 is 0 Å². The molecule has 0 aliphatic carbocycles. The number of hydrogen-bond donors (Lipinski definition) is 1. The van der Waals surface area contributed by atoms with Gasteiger partial charge in [-0.2, -0.15) is 0 Å². The van der Waals surface area contributed by atoms with Crippen LogP contribution in [-0.4, -0.2) is 17.3 Å². The second-order valence-electron chi connectivity index (χ2n) is 2.77. The third-order valence-corrected chi connectivity index (χ3v) is 4.83. The Morgan fingerprint density at radius 1 is 1.50 bits per heavy atom. The van der Waals surface area contributed by atoms with Crippen LogP contribution >= 0.6 is 11.6 Å². The number of carbonyl (C=O) groups excluding carboxylic acids is 1. The first-order chi connectivity index (χ1) is 6.77. The molecule has 0 aromatic heterocycles. The quantitative estimate of drug-likeness (QED) is 0.317. The average molecular weight is 325 g/mol. The van der Waals surface area contributed by atoms with E-state index in [1.807, 2.05) is 12.1 Å². The van der Waals surface area contributed by atoms with Crippen molar-refractivity contribution in [2.24, 2.45) is 5.73 Å². The van der Waals surface area contributed by atoms with Crippen molar-refractivity contribution in [1.29, 1.82) is 0 Å². The SMILES string of the molecule is NCC[I-]Cc1ccc(Cl)c(C=O)c1. The van der Waals surface area contributed by atoms with E-state index in [0.29, 0.717) is 10.6 Å². The van der Waals surface area contributed by atoms with E-state index >= 15 is 0 Å². The van der Waals surface area contributed by atoms with Crippen LogP contribution in [0.15, 0.2) is 18.2 Å². The van der Waals surface area contributed by atoms with Gasteiger partial charge >= 0.3 is 99.4 Å². The van der Waals surface area contributed by atoms with Gasteiger partial charge in [-0.25, -0.2) is 0 Å². The number of alkyl halides is 2. The van der Waals surface area contributed by atoms with Gasteiger partial charge in [0, 0.05) is 0 Å². The fourth-order valence-corrected chi connectivity index (χ4v) is 3.10. The molecule has 0 atom stereocenters. The van der Waals surface area contributed by atoms with Gasteiger partial charge in [0.2, 0.25) is 0 Å². The minimum absolute atomic E-state index is 0.134. The monoisotopic (exact) mass is 324 g/mol. The molecule has 4 heteroatoms. The van der Waals surface area contributed by atoms with Gasteiger partial charge in [0.1, 0.15) is 0 Å². The van der Waals surface area contributed by atoms with Crippen molar-refractivity contribution in [3.05, 3.63) is 34.3 Å². The molecule has 0 bridgehead atoms. The van der Waals surface area contributed by atoms with Crippen LogP contribution in [-0.2, 0) is 4.43 Å². The number of hydrogen-bond acceptors (Lipinski definition) is 2. The summed E-state index contributed by atoms with van der Waals surface area (Å²) in [5, 5.41) is 0.528.